The number of carbonyl (C=O) groups excluding carboxylic acids is 1. The van der Waals surface area contributed by atoms with Gasteiger partial charge in [-0.1, -0.05) is 15.9 Å². The summed E-state index contributed by atoms with van der Waals surface area (Å²) >= 11 is 5.08. The summed E-state index contributed by atoms with van der Waals surface area (Å²) in [6.45, 7) is 0.969. The van der Waals surface area contributed by atoms with Gasteiger partial charge in [0.2, 0.25) is 5.91 Å². The van der Waals surface area contributed by atoms with Gasteiger partial charge in [-0.05, 0) is 31.9 Å². The summed E-state index contributed by atoms with van der Waals surface area (Å²) in [5, 5.41) is 1.00. The van der Waals surface area contributed by atoms with Crippen molar-refractivity contribution in [2.75, 3.05) is 23.9 Å². The Morgan fingerprint density at radius 1 is 1.57 bits per heavy atom. The first-order chi connectivity index (χ1) is 6.79. The second kappa shape index (κ2) is 6.72. The maximum atomic E-state index is 11.8. The molecule has 4 heteroatoms. The third-order valence-corrected chi connectivity index (χ3v) is 3.65. The van der Waals surface area contributed by atoms with Crippen LogP contribution in [0.1, 0.15) is 25.7 Å². The van der Waals surface area contributed by atoms with E-state index < -0.39 is 0 Å². The molecule has 14 heavy (non-hydrogen) atoms. The number of likely N-dealkylation sites (tertiary alicyclic amines) is 1. The van der Waals surface area contributed by atoms with Crippen LogP contribution in [0.4, 0.5) is 0 Å². The van der Waals surface area contributed by atoms with Gasteiger partial charge in [0, 0.05) is 17.9 Å². The maximum absolute atomic E-state index is 11.8. The molecule has 0 bridgehead atoms. The molecule has 0 aliphatic carbocycles. The summed E-state index contributed by atoms with van der Waals surface area (Å²) in [7, 11) is 0. The predicted octanol–water partition coefficient (Wildman–Crippen LogP) is 2.52. The zero-order valence-corrected chi connectivity index (χ0v) is 11.1. The van der Waals surface area contributed by atoms with Gasteiger partial charge in [0.05, 0.1) is 5.75 Å². The molecule has 0 radical (unpaired) electrons. The van der Waals surface area contributed by atoms with Crippen molar-refractivity contribution in [2.45, 2.75) is 31.7 Å². The molecular weight excluding hydrogens is 262 g/mol. The van der Waals surface area contributed by atoms with E-state index in [1.54, 1.807) is 11.8 Å². The Kier molecular flexibility index (Phi) is 5.94. The Morgan fingerprint density at radius 2 is 2.36 bits per heavy atom. The van der Waals surface area contributed by atoms with Crippen LogP contribution in [0.3, 0.4) is 0 Å². The van der Waals surface area contributed by atoms with Crippen LogP contribution in [0, 0.1) is 0 Å². The van der Waals surface area contributed by atoms with E-state index in [0.717, 1.165) is 18.3 Å². The lowest BCUT2D eigenvalue weighted by Crippen LogP contribution is -2.44. The molecule has 0 N–H and O–H groups in total. The second-order valence-electron chi connectivity index (χ2n) is 3.65. The Labute approximate surface area is 98.9 Å². The number of hydrogen-bond acceptors (Lipinski definition) is 2. The SMILES string of the molecule is CSCC(=O)N1CCCCC1CCBr. The van der Waals surface area contributed by atoms with Crippen LogP contribution in [-0.4, -0.2) is 40.7 Å². The number of alkyl halides is 1. The van der Waals surface area contributed by atoms with Crippen LogP contribution < -0.4 is 0 Å². The minimum absolute atomic E-state index is 0.322. The van der Waals surface area contributed by atoms with Gasteiger partial charge in [0.25, 0.3) is 0 Å². The van der Waals surface area contributed by atoms with Gasteiger partial charge in [-0.15, -0.1) is 0 Å². The number of carbonyl (C=O) groups is 1. The average molecular weight is 280 g/mol. The van der Waals surface area contributed by atoms with Crippen molar-refractivity contribution in [3.05, 3.63) is 0 Å². The van der Waals surface area contributed by atoms with E-state index in [-0.39, 0.29) is 0 Å². The van der Waals surface area contributed by atoms with Gasteiger partial charge in [-0.25, -0.2) is 0 Å². The van der Waals surface area contributed by atoms with Crippen molar-refractivity contribution in [2.24, 2.45) is 0 Å². The van der Waals surface area contributed by atoms with Crippen molar-refractivity contribution in [3.8, 4) is 0 Å². The fourth-order valence-corrected chi connectivity index (χ4v) is 2.90. The highest BCUT2D eigenvalue weighted by molar-refractivity contribution is 9.09. The van der Waals surface area contributed by atoms with Gasteiger partial charge in [0.15, 0.2) is 0 Å². The molecule has 0 aromatic carbocycles. The number of nitrogens with zero attached hydrogens (tertiary/aromatic N) is 1. The first kappa shape index (κ1) is 12.4. The van der Waals surface area contributed by atoms with Gasteiger partial charge in [-0.2, -0.15) is 11.8 Å². The minimum Gasteiger partial charge on any atom is -0.339 e. The fraction of sp³-hybridized carbons (Fsp3) is 0.900. The molecule has 1 aliphatic heterocycles. The second-order valence-corrected chi connectivity index (χ2v) is 5.31. The Bertz CT molecular complexity index is 187. The molecule has 82 valence electrons. The van der Waals surface area contributed by atoms with Gasteiger partial charge >= 0.3 is 0 Å². The van der Waals surface area contributed by atoms with Crippen LogP contribution in [-0.2, 0) is 4.79 Å². The zero-order valence-electron chi connectivity index (χ0n) is 8.67. The first-order valence-electron chi connectivity index (χ1n) is 5.14. The molecule has 1 fully saturated rings. The lowest BCUT2D eigenvalue weighted by Gasteiger charge is -2.35. The number of amides is 1. The summed E-state index contributed by atoms with van der Waals surface area (Å²) < 4.78 is 0. The molecule has 0 aromatic heterocycles. The van der Waals surface area contributed by atoms with E-state index in [1.165, 1.54) is 19.3 Å². The monoisotopic (exact) mass is 279 g/mol. The largest absolute Gasteiger partial charge is 0.339 e. The van der Waals surface area contributed by atoms with Crippen LogP contribution in [0.2, 0.25) is 0 Å². The van der Waals surface area contributed by atoms with Crippen molar-refractivity contribution in [1.29, 1.82) is 0 Å². The molecular formula is C10H18BrNOS. The van der Waals surface area contributed by atoms with Crippen LogP contribution in [0.25, 0.3) is 0 Å². The number of piperidine rings is 1. The molecule has 1 saturated heterocycles. The molecule has 1 rings (SSSR count). The highest BCUT2D eigenvalue weighted by atomic mass is 79.9. The van der Waals surface area contributed by atoms with E-state index in [9.17, 15) is 4.79 Å². The Morgan fingerprint density at radius 3 is 3.00 bits per heavy atom. The number of hydrogen-bond donors (Lipinski definition) is 0. The summed E-state index contributed by atoms with van der Waals surface area (Å²) in [4.78, 5) is 13.9. The predicted molar refractivity (Wildman–Crippen MR) is 66.1 cm³/mol. The quantitative estimate of drug-likeness (QED) is 0.737. The van der Waals surface area contributed by atoms with Gasteiger partial charge < -0.3 is 4.90 Å². The first-order valence-corrected chi connectivity index (χ1v) is 7.65. The lowest BCUT2D eigenvalue weighted by molar-refractivity contribution is -0.131. The van der Waals surface area contributed by atoms with Crippen LogP contribution >= 0.6 is 27.7 Å². The normalized spacial score (nSPS) is 22.4. The third kappa shape index (κ3) is 3.46. The number of rotatable bonds is 4. The summed E-state index contributed by atoms with van der Waals surface area (Å²) in [6.07, 6.45) is 6.73. The summed E-state index contributed by atoms with van der Waals surface area (Å²) in [5.74, 6) is 0.960. The molecule has 1 aliphatic rings. The van der Waals surface area contributed by atoms with Crippen LogP contribution in [0.15, 0.2) is 0 Å². The molecule has 0 spiro atoms. The third-order valence-electron chi connectivity index (χ3n) is 2.66. The van der Waals surface area contributed by atoms with Gasteiger partial charge in [0.1, 0.15) is 0 Å². The molecule has 0 saturated carbocycles. The van der Waals surface area contributed by atoms with Gasteiger partial charge in [-0.3, -0.25) is 4.79 Å². The van der Waals surface area contributed by atoms with Crippen LogP contribution in [0.5, 0.6) is 0 Å². The molecule has 1 heterocycles. The zero-order chi connectivity index (χ0) is 10.4. The highest BCUT2D eigenvalue weighted by Crippen LogP contribution is 2.21. The van der Waals surface area contributed by atoms with Crippen molar-refractivity contribution < 1.29 is 4.79 Å². The fourth-order valence-electron chi connectivity index (χ4n) is 1.96. The smallest absolute Gasteiger partial charge is 0.232 e. The molecule has 0 aromatic rings. The standard InChI is InChI=1S/C10H18BrNOS/c1-14-8-10(13)12-7-3-2-4-9(12)5-6-11/h9H,2-8H2,1H3. The molecule has 1 atom stereocenters. The van der Waals surface area contributed by atoms with E-state index in [2.05, 4.69) is 20.8 Å². The van der Waals surface area contributed by atoms with Crippen molar-refractivity contribution in [1.82, 2.24) is 4.90 Å². The molecule has 1 unspecified atom stereocenters. The van der Waals surface area contributed by atoms with E-state index in [0.29, 0.717) is 17.7 Å². The lowest BCUT2D eigenvalue weighted by atomic mass is 10.0. The highest BCUT2D eigenvalue weighted by Gasteiger charge is 2.25. The van der Waals surface area contributed by atoms with Crippen molar-refractivity contribution in [3.63, 3.8) is 0 Å². The summed E-state index contributed by atoms with van der Waals surface area (Å²) in [5.41, 5.74) is 0. The summed E-state index contributed by atoms with van der Waals surface area (Å²) in [6, 6.07) is 0.489. The number of thioether (sulfide) groups is 1. The molecule has 1 amide bonds. The Hall–Kier alpha value is 0.300. The number of halogens is 1. The minimum atomic E-state index is 0.322. The Balaban J connectivity index is 2.48. The van der Waals surface area contributed by atoms with E-state index >= 15 is 0 Å². The average Bonchev–Trinajstić information content (AvgIpc) is 2.19. The van der Waals surface area contributed by atoms with Crippen molar-refractivity contribution >= 4 is 33.6 Å². The molecule has 2 nitrogen and oxygen atoms in total. The van der Waals surface area contributed by atoms with E-state index in [1.807, 2.05) is 6.26 Å². The topological polar surface area (TPSA) is 20.3 Å². The van der Waals surface area contributed by atoms with E-state index in [4.69, 9.17) is 0 Å². The maximum Gasteiger partial charge on any atom is 0.232 e.